The van der Waals surface area contributed by atoms with Crippen LogP contribution in [0.15, 0.2) is 12.7 Å². The van der Waals surface area contributed by atoms with Crippen LogP contribution in [0.25, 0.3) is 0 Å². The van der Waals surface area contributed by atoms with E-state index in [1.165, 1.54) is 25.7 Å². The lowest BCUT2D eigenvalue weighted by atomic mass is 9.98. The third-order valence-corrected chi connectivity index (χ3v) is 2.44. The van der Waals surface area contributed by atoms with Gasteiger partial charge in [0.2, 0.25) is 0 Å². The van der Waals surface area contributed by atoms with E-state index in [2.05, 4.69) is 25.9 Å². The van der Waals surface area contributed by atoms with Crippen LogP contribution in [0.3, 0.4) is 0 Å². The molecule has 2 nitrogen and oxygen atoms in total. The fourth-order valence-corrected chi connectivity index (χ4v) is 1.44. The van der Waals surface area contributed by atoms with Crippen molar-refractivity contribution in [3.63, 3.8) is 0 Å². The summed E-state index contributed by atoms with van der Waals surface area (Å²) in [6.45, 7) is 8.11. The van der Waals surface area contributed by atoms with Crippen molar-refractivity contribution in [2.75, 3.05) is 0 Å². The smallest absolute Gasteiger partial charge is 0.0233 e. The van der Waals surface area contributed by atoms with Gasteiger partial charge in [-0.15, -0.1) is 6.58 Å². The second-order valence-electron chi connectivity index (χ2n) is 3.94. The number of nitrogens with one attached hydrogen (secondary N) is 1. The zero-order chi connectivity index (χ0) is 10.1. The first-order valence-electron chi connectivity index (χ1n) is 5.29. The minimum atomic E-state index is 0.476. The highest BCUT2D eigenvalue weighted by atomic mass is 15.2. The monoisotopic (exact) mass is 184 g/mol. The number of rotatable bonds is 8. The Kier molecular flexibility index (Phi) is 8.05. The van der Waals surface area contributed by atoms with Crippen molar-refractivity contribution < 1.29 is 0 Å². The topological polar surface area (TPSA) is 38.0 Å². The van der Waals surface area contributed by atoms with Crippen molar-refractivity contribution in [2.24, 2.45) is 11.8 Å². The first-order valence-corrected chi connectivity index (χ1v) is 5.29. The maximum atomic E-state index is 5.45. The molecule has 0 rings (SSSR count). The minimum Gasteiger partial charge on any atom is -0.271 e. The predicted molar refractivity (Wildman–Crippen MR) is 59.2 cm³/mol. The van der Waals surface area contributed by atoms with Crippen molar-refractivity contribution in [3.05, 3.63) is 12.7 Å². The Labute approximate surface area is 82.6 Å². The summed E-state index contributed by atoms with van der Waals surface area (Å²) >= 11 is 0. The molecule has 0 heterocycles. The average molecular weight is 184 g/mol. The van der Waals surface area contributed by atoms with Gasteiger partial charge in [-0.05, 0) is 25.2 Å². The molecule has 0 spiro atoms. The summed E-state index contributed by atoms with van der Waals surface area (Å²) in [5.41, 5.74) is 2.87. The van der Waals surface area contributed by atoms with Gasteiger partial charge in [-0.1, -0.05) is 32.8 Å². The standard InChI is InChI=1S/C11H24N2/c1-4-5-6-7-8-9-11(13-12)10(2)3/h4,10-11,13H,1,5-9,12H2,2-3H3. The molecule has 0 radical (unpaired) electrons. The van der Waals surface area contributed by atoms with Gasteiger partial charge < -0.3 is 0 Å². The Morgan fingerprint density at radius 2 is 2.00 bits per heavy atom. The average Bonchev–Trinajstić information content (AvgIpc) is 2.10. The molecule has 0 bridgehead atoms. The third kappa shape index (κ3) is 6.79. The van der Waals surface area contributed by atoms with Crippen molar-refractivity contribution in [1.29, 1.82) is 0 Å². The van der Waals surface area contributed by atoms with Crippen molar-refractivity contribution in [1.82, 2.24) is 5.43 Å². The number of allylic oxidation sites excluding steroid dienone is 1. The fraction of sp³-hybridized carbons (Fsp3) is 0.818. The van der Waals surface area contributed by atoms with Crippen LogP contribution in [0, 0.1) is 5.92 Å². The molecule has 1 atom stereocenters. The lowest BCUT2D eigenvalue weighted by Gasteiger charge is -2.19. The molecule has 2 heteroatoms. The molecule has 0 aromatic carbocycles. The summed E-state index contributed by atoms with van der Waals surface area (Å²) in [6, 6.07) is 0.476. The number of unbranched alkanes of at least 4 members (excludes halogenated alkanes) is 3. The first-order chi connectivity index (χ1) is 6.22. The van der Waals surface area contributed by atoms with Crippen molar-refractivity contribution >= 4 is 0 Å². The highest BCUT2D eigenvalue weighted by Gasteiger charge is 2.09. The molecule has 0 saturated heterocycles. The van der Waals surface area contributed by atoms with Gasteiger partial charge in [0.15, 0.2) is 0 Å². The second-order valence-corrected chi connectivity index (χ2v) is 3.94. The van der Waals surface area contributed by atoms with Crippen LogP contribution >= 0.6 is 0 Å². The van der Waals surface area contributed by atoms with Gasteiger partial charge in [-0.2, -0.15) is 0 Å². The SMILES string of the molecule is C=CCCCCCC(NN)C(C)C. The maximum Gasteiger partial charge on any atom is 0.0233 e. The highest BCUT2D eigenvalue weighted by molar-refractivity contribution is 4.69. The number of hydrogen-bond acceptors (Lipinski definition) is 2. The van der Waals surface area contributed by atoms with Crippen molar-refractivity contribution in [3.8, 4) is 0 Å². The summed E-state index contributed by atoms with van der Waals surface area (Å²) < 4.78 is 0. The molecule has 0 saturated carbocycles. The molecule has 0 aromatic rings. The molecule has 0 amide bonds. The molecule has 1 unspecified atom stereocenters. The van der Waals surface area contributed by atoms with Gasteiger partial charge in [0.05, 0.1) is 0 Å². The van der Waals surface area contributed by atoms with Gasteiger partial charge in [0, 0.05) is 6.04 Å². The molecule has 0 fully saturated rings. The molecule has 78 valence electrons. The molecular weight excluding hydrogens is 160 g/mol. The van der Waals surface area contributed by atoms with Crippen LogP contribution in [0.1, 0.15) is 46.0 Å². The Morgan fingerprint density at radius 3 is 2.46 bits per heavy atom. The second kappa shape index (κ2) is 8.27. The van der Waals surface area contributed by atoms with Crippen LogP contribution < -0.4 is 11.3 Å². The molecule has 0 aliphatic carbocycles. The zero-order valence-electron chi connectivity index (χ0n) is 9.05. The minimum absolute atomic E-state index is 0.476. The van der Waals surface area contributed by atoms with Gasteiger partial charge in [-0.25, -0.2) is 0 Å². The summed E-state index contributed by atoms with van der Waals surface area (Å²) in [6.07, 6.45) is 8.13. The zero-order valence-corrected chi connectivity index (χ0v) is 9.05. The normalized spacial score (nSPS) is 13.2. The molecule has 0 aliphatic heterocycles. The number of hydrogen-bond donors (Lipinski definition) is 2. The Balaban J connectivity index is 3.33. The van der Waals surface area contributed by atoms with E-state index in [4.69, 9.17) is 5.84 Å². The molecule has 0 aliphatic rings. The molecular formula is C11H24N2. The van der Waals surface area contributed by atoms with E-state index in [1.807, 2.05) is 6.08 Å². The van der Waals surface area contributed by atoms with E-state index >= 15 is 0 Å². The Hall–Kier alpha value is -0.340. The highest BCUT2D eigenvalue weighted by Crippen LogP contribution is 2.11. The van der Waals surface area contributed by atoms with E-state index in [9.17, 15) is 0 Å². The van der Waals surface area contributed by atoms with Crippen LogP contribution in [-0.4, -0.2) is 6.04 Å². The summed E-state index contributed by atoms with van der Waals surface area (Å²) in [5.74, 6) is 6.08. The third-order valence-electron chi connectivity index (χ3n) is 2.44. The van der Waals surface area contributed by atoms with Crippen LogP contribution in [0.4, 0.5) is 0 Å². The van der Waals surface area contributed by atoms with Gasteiger partial charge in [0.25, 0.3) is 0 Å². The quantitative estimate of drug-likeness (QED) is 0.263. The predicted octanol–water partition coefficient (Wildman–Crippen LogP) is 2.61. The van der Waals surface area contributed by atoms with E-state index in [0.29, 0.717) is 12.0 Å². The van der Waals surface area contributed by atoms with E-state index < -0.39 is 0 Å². The van der Waals surface area contributed by atoms with E-state index in [1.54, 1.807) is 0 Å². The fourth-order valence-electron chi connectivity index (χ4n) is 1.44. The summed E-state index contributed by atoms with van der Waals surface area (Å²) in [7, 11) is 0. The molecule has 3 N–H and O–H groups in total. The summed E-state index contributed by atoms with van der Waals surface area (Å²) in [4.78, 5) is 0. The lowest BCUT2D eigenvalue weighted by molar-refractivity contribution is 0.371. The van der Waals surface area contributed by atoms with Crippen molar-refractivity contribution in [2.45, 2.75) is 52.0 Å². The number of hydrazine groups is 1. The largest absolute Gasteiger partial charge is 0.271 e. The lowest BCUT2D eigenvalue weighted by Crippen LogP contribution is -2.38. The van der Waals surface area contributed by atoms with Crippen LogP contribution in [0.5, 0.6) is 0 Å². The number of nitrogens with two attached hydrogens (primary N) is 1. The van der Waals surface area contributed by atoms with Gasteiger partial charge in [0.1, 0.15) is 0 Å². The van der Waals surface area contributed by atoms with Crippen LogP contribution in [-0.2, 0) is 0 Å². The maximum absolute atomic E-state index is 5.45. The van der Waals surface area contributed by atoms with Gasteiger partial charge >= 0.3 is 0 Å². The summed E-state index contributed by atoms with van der Waals surface area (Å²) in [5, 5.41) is 0. The van der Waals surface area contributed by atoms with Crippen LogP contribution in [0.2, 0.25) is 0 Å². The van der Waals surface area contributed by atoms with E-state index in [-0.39, 0.29) is 0 Å². The Morgan fingerprint density at radius 1 is 1.31 bits per heavy atom. The van der Waals surface area contributed by atoms with Gasteiger partial charge in [-0.3, -0.25) is 11.3 Å². The first kappa shape index (κ1) is 12.7. The van der Waals surface area contributed by atoms with E-state index in [0.717, 1.165) is 6.42 Å². The molecule has 13 heavy (non-hydrogen) atoms. The molecule has 0 aromatic heterocycles. The Bertz CT molecular complexity index is 121.